The van der Waals surface area contributed by atoms with E-state index < -0.39 is 12.2 Å². The SMILES string of the molecule is Cc1cc(C)cc(NC(=O)N2CCN(C(=O)c3cccc(C)c3)C2C(=O)NC2CCC(N)CC2)c1. The summed E-state index contributed by atoms with van der Waals surface area (Å²) in [4.78, 5) is 43.2. The standard InChI is InChI=1S/C27H35N5O3/c1-17-5-4-6-20(14-17)26(34)31-11-12-32(27(35)30-23-15-18(2)13-19(3)16-23)25(31)24(33)29-22-9-7-21(28)8-10-22/h4-6,13-16,21-22,25H,7-12,28H2,1-3H3,(H,29,33)(H,30,35). The summed E-state index contributed by atoms with van der Waals surface area (Å²) >= 11 is 0. The Morgan fingerprint density at radius 3 is 2.17 bits per heavy atom. The van der Waals surface area contributed by atoms with E-state index in [1.807, 2.05) is 51.1 Å². The first-order valence-corrected chi connectivity index (χ1v) is 12.3. The van der Waals surface area contributed by atoms with Crippen molar-refractivity contribution < 1.29 is 14.4 Å². The normalized spacial score (nSPS) is 22.1. The fraction of sp³-hybridized carbons (Fsp3) is 0.444. The average Bonchev–Trinajstić information content (AvgIpc) is 3.25. The highest BCUT2D eigenvalue weighted by Crippen LogP contribution is 2.23. The van der Waals surface area contributed by atoms with Gasteiger partial charge in [0, 0.05) is 36.4 Å². The molecule has 4 rings (SSSR count). The Balaban J connectivity index is 1.57. The van der Waals surface area contributed by atoms with Crippen molar-refractivity contribution in [3.8, 4) is 0 Å². The summed E-state index contributed by atoms with van der Waals surface area (Å²) in [6, 6.07) is 12.8. The van der Waals surface area contributed by atoms with Crippen LogP contribution in [0.25, 0.3) is 0 Å². The molecule has 1 unspecified atom stereocenters. The number of carbonyl (C=O) groups excluding carboxylic acids is 3. The van der Waals surface area contributed by atoms with E-state index in [0.29, 0.717) is 11.3 Å². The highest BCUT2D eigenvalue weighted by Gasteiger charge is 2.43. The van der Waals surface area contributed by atoms with Crippen molar-refractivity contribution in [2.45, 2.75) is 64.7 Å². The van der Waals surface area contributed by atoms with Crippen LogP contribution in [0.2, 0.25) is 0 Å². The van der Waals surface area contributed by atoms with Crippen LogP contribution in [-0.4, -0.2) is 59.0 Å². The second-order valence-corrected chi connectivity index (χ2v) is 9.86. The maximum atomic E-state index is 13.5. The predicted octanol–water partition coefficient (Wildman–Crippen LogP) is 3.31. The molecule has 0 aromatic heterocycles. The van der Waals surface area contributed by atoms with E-state index in [1.54, 1.807) is 12.1 Å². The Morgan fingerprint density at radius 1 is 0.857 bits per heavy atom. The molecule has 4 N–H and O–H groups in total. The van der Waals surface area contributed by atoms with Crippen LogP contribution < -0.4 is 16.4 Å². The Bertz CT molecular complexity index is 1090. The van der Waals surface area contributed by atoms with Crippen LogP contribution in [-0.2, 0) is 4.79 Å². The summed E-state index contributed by atoms with van der Waals surface area (Å²) in [5, 5.41) is 6.01. The van der Waals surface area contributed by atoms with Crippen molar-refractivity contribution in [2.75, 3.05) is 18.4 Å². The van der Waals surface area contributed by atoms with Crippen LogP contribution in [0.15, 0.2) is 42.5 Å². The summed E-state index contributed by atoms with van der Waals surface area (Å²) in [5.41, 5.74) is 10.2. The van der Waals surface area contributed by atoms with Crippen LogP contribution >= 0.6 is 0 Å². The molecular formula is C27H35N5O3. The van der Waals surface area contributed by atoms with E-state index in [1.165, 1.54) is 9.80 Å². The van der Waals surface area contributed by atoms with Gasteiger partial charge in [0.1, 0.15) is 0 Å². The summed E-state index contributed by atoms with van der Waals surface area (Å²) in [7, 11) is 0. The second-order valence-electron chi connectivity index (χ2n) is 9.86. The Hall–Kier alpha value is -3.39. The van der Waals surface area contributed by atoms with Gasteiger partial charge in [-0.1, -0.05) is 23.8 Å². The minimum absolute atomic E-state index is 0.0110. The molecule has 2 aliphatic rings. The van der Waals surface area contributed by atoms with Gasteiger partial charge in [0.15, 0.2) is 6.17 Å². The molecule has 1 aliphatic heterocycles. The van der Waals surface area contributed by atoms with E-state index in [-0.39, 0.29) is 37.0 Å². The van der Waals surface area contributed by atoms with Gasteiger partial charge in [-0.25, -0.2) is 4.79 Å². The van der Waals surface area contributed by atoms with Crippen LogP contribution in [0.4, 0.5) is 10.5 Å². The molecule has 2 fully saturated rings. The Kier molecular flexibility index (Phi) is 7.40. The van der Waals surface area contributed by atoms with Gasteiger partial charge < -0.3 is 21.3 Å². The van der Waals surface area contributed by atoms with E-state index in [4.69, 9.17) is 5.73 Å². The zero-order valence-corrected chi connectivity index (χ0v) is 20.7. The number of anilines is 1. The van der Waals surface area contributed by atoms with Gasteiger partial charge in [0.25, 0.3) is 11.8 Å². The minimum Gasteiger partial charge on any atom is -0.350 e. The van der Waals surface area contributed by atoms with Crippen molar-refractivity contribution in [1.29, 1.82) is 0 Å². The van der Waals surface area contributed by atoms with E-state index in [0.717, 1.165) is 42.4 Å². The third kappa shape index (κ3) is 5.82. The van der Waals surface area contributed by atoms with Gasteiger partial charge >= 0.3 is 6.03 Å². The number of nitrogens with one attached hydrogen (secondary N) is 2. The molecule has 186 valence electrons. The number of amides is 4. The third-order valence-corrected chi connectivity index (χ3v) is 6.78. The number of hydrogen-bond acceptors (Lipinski definition) is 4. The molecule has 8 nitrogen and oxygen atoms in total. The molecule has 2 aromatic rings. The highest BCUT2D eigenvalue weighted by atomic mass is 16.2. The highest BCUT2D eigenvalue weighted by molar-refractivity contribution is 6.00. The van der Waals surface area contributed by atoms with E-state index >= 15 is 0 Å². The maximum absolute atomic E-state index is 13.5. The zero-order chi connectivity index (χ0) is 25.1. The molecule has 1 saturated heterocycles. The molecule has 1 heterocycles. The molecule has 0 spiro atoms. The van der Waals surface area contributed by atoms with E-state index in [2.05, 4.69) is 10.6 Å². The molecular weight excluding hydrogens is 442 g/mol. The smallest absolute Gasteiger partial charge is 0.323 e. The maximum Gasteiger partial charge on any atom is 0.323 e. The second kappa shape index (κ2) is 10.5. The van der Waals surface area contributed by atoms with Crippen LogP contribution in [0.3, 0.4) is 0 Å². The number of rotatable bonds is 4. The fourth-order valence-corrected chi connectivity index (χ4v) is 5.06. The van der Waals surface area contributed by atoms with Crippen molar-refractivity contribution in [2.24, 2.45) is 5.73 Å². The number of hydrogen-bond donors (Lipinski definition) is 3. The lowest BCUT2D eigenvalue weighted by Gasteiger charge is -2.32. The molecule has 4 amide bonds. The average molecular weight is 478 g/mol. The fourth-order valence-electron chi connectivity index (χ4n) is 5.06. The van der Waals surface area contributed by atoms with Gasteiger partial charge in [-0.15, -0.1) is 0 Å². The summed E-state index contributed by atoms with van der Waals surface area (Å²) in [6.07, 6.45) is 2.25. The predicted molar refractivity (Wildman–Crippen MR) is 136 cm³/mol. The van der Waals surface area contributed by atoms with Gasteiger partial charge in [-0.05, 0) is 81.8 Å². The Labute approximate surface area is 206 Å². The molecule has 35 heavy (non-hydrogen) atoms. The van der Waals surface area contributed by atoms with Crippen molar-refractivity contribution in [3.63, 3.8) is 0 Å². The van der Waals surface area contributed by atoms with Gasteiger partial charge in [-0.3, -0.25) is 14.5 Å². The lowest BCUT2D eigenvalue weighted by molar-refractivity contribution is -0.128. The van der Waals surface area contributed by atoms with Crippen LogP contribution in [0, 0.1) is 20.8 Å². The molecule has 1 saturated carbocycles. The van der Waals surface area contributed by atoms with Crippen LogP contribution in [0.5, 0.6) is 0 Å². The van der Waals surface area contributed by atoms with Crippen molar-refractivity contribution in [1.82, 2.24) is 15.1 Å². The largest absolute Gasteiger partial charge is 0.350 e. The third-order valence-electron chi connectivity index (χ3n) is 6.78. The number of benzene rings is 2. The topological polar surface area (TPSA) is 108 Å². The lowest BCUT2D eigenvalue weighted by atomic mass is 9.92. The molecule has 0 bridgehead atoms. The van der Waals surface area contributed by atoms with Crippen molar-refractivity contribution >= 4 is 23.5 Å². The Morgan fingerprint density at radius 2 is 1.51 bits per heavy atom. The number of nitrogens with zero attached hydrogens (tertiary/aromatic N) is 2. The van der Waals surface area contributed by atoms with E-state index in [9.17, 15) is 14.4 Å². The quantitative estimate of drug-likeness (QED) is 0.628. The molecule has 1 aliphatic carbocycles. The number of urea groups is 1. The monoisotopic (exact) mass is 477 g/mol. The number of carbonyl (C=O) groups is 3. The summed E-state index contributed by atoms with van der Waals surface area (Å²) in [6.45, 7) is 6.39. The van der Waals surface area contributed by atoms with Crippen molar-refractivity contribution in [3.05, 3.63) is 64.7 Å². The first-order valence-electron chi connectivity index (χ1n) is 12.3. The number of aryl methyl sites for hydroxylation is 3. The van der Waals surface area contributed by atoms with Gasteiger partial charge in [0.05, 0.1) is 0 Å². The molecule has 2 aromatic carbocycles. The first kappa shape index (κ1) is 24.7. The zero-order valence-electron chi connectivity index (χ0n) is 20.7. The minimum atomic E-state index is -1.02. The van der Waals surface area contributed by atoms with Gasteiger partial charge in [-0.2, -0.15) is 0 Å². The molecule has 0 radical (unpaired) electrons. The first-order chi connectivity index (χ1) is 16.7. The summed E-state index contributed by atoms with van der Waals surface area (Å²) < 4.78 is 0. The van der Waals surface area contributed by atoms with Gasteiger partial charge in [0.2, 0.25) is 0 Å². The van der Waals surface area contributed by atoms with Crippen LogP contribution in [0.1, 0.15) is 52.7 Å². The molecule has 1 atom stereocenters. The number of nitrogens with two attached hydrogens (primary N) is 1. The summed E-state index contributed by atoms with van der Waals surface area (Å²) in [5.74, 6) is -0.597. The molecule has 8 heteroatoms. The lowest BCUT2D eigenvalue weighted by Crippen LogP contribution is -2.56.